The minimum Gasteiger partial charge on any atom is -0.494 e. The minimum absolute atomic E-state index is 0.0643. The van der Waals surface area contributed by atoms with Gasteiger partial charge in [-0.3, -0.25) is 0 Å². The van der Waals surface area contributed by atoms with Crippen LogP contribution in [0.5, 0.6) is 5.75 Å². The van der Waals surface area contributed by atoms with E-state index >= 15 is 0 Å². The molecular weight excluding hydrogens is 370 g/mol. The van der Waals surface area contributed by atoms with E-state index in [1.807, 2.05) is 67.3 Å². The van der Waals surface area contributed by atoms with Crippen molar-refractivity contribution in [1.29, 1.82) is 0 Å². The molecule has 28 heavy (non-hydrogen) atoms. The van der Waals surface area contributed by atoms with Gasteiger partial charge in [-0.2, -0.15) is 0 Å². The van der Waals surface area contributed by atoms with E-state index in [2.05, 4.69) is 5.32 Å². The Labute approximate surface area is 169 Å². The van der Waals surface area contributed by atoms with Crippen molar-refractivity contribution in [2.45, 2.75) is 26.8 Å². The smallest absolute Gasteiger partial charge is 0.322 e. The fourth-order valence-corrected chi connectivity index (χ4v) is 4.32. The molecular formula is C22H23N3O2S. The van der Waals surface area contributed by atoms with Crippen LogP contribution < -0.4 is 10.1 Å². The number of carbonyl (C=O) groups excluding carboxylic acids is 1. The Bertz CT molecular complexity index is 964. The van der Waals surface area contributed by atoms with Gasteiger partial charge in [0.05, 0.1) is 18.8 Å². The molecule has 4 rings (SSSR count). The summed E-state index contributed by atoms with van der Waals surface area (Å²) in [7, 11) is 0. The summed E-state index contributed by atoms with van der Waals surface area (Å²) in [4.78, 5) is 20.4. The van der Waals surface area contributed by atoms with Gasteiger partial charge in [0.15, 0.2) is 0 Å². The van der Waals surface area contributed by atoms with Gasteiger partial charge < -0.3 is 15.0 Å². The van der Waals surface area contributed by atoms with Gasteiger partial charge in [-0.1, -0.05) is 17.7 Å². The van der Waals surface area contributed by atoms with Gasteiger partial charge in [-0.15, -0.1) is 11.3 Å². The lowest BCUT2D eigenvalue weighted by atomic mass is 10.2. The number of aromatic nitrogens is 1. The molecule has 1 aliphatic heterocycles. The highest BCUT2D eigenvalue weighted by Crippen LogP contribution is 2.32. The first-order valence-electron chi connectivity index (χ1n) is 9.47. The van der Waals surface area contributed by atoms with E-state index in [1.54, 1.807) is 11.3 Å². The number of hydrogen-bond donors (Lipinski definition) is 1. The Morgan fingerprint density at radius 1 is 1.18 bits per heavy atom. The number of carbonyl (C=O) groups is 1. The lowest BCUT2D eigenvalue weighted by molar-refractivity contribution is 0.207. The van der Waals surface area contributed by atoms with Crippen LogP contribution in [0.1, 0.15) is 23.1 Å². The Kier molecular flexibility index (Phi) is 5.30. The molecule has 0 spiro atoms. The molecule has 0 radical (unpaired) electrons. The van der Waals surface area contributed by atoms with Crippen LogP contribution in [0.25, 0.3) is 10.6 Å². The Morgan fingerprint density at radius 2 is 1.93 bits per heavy atom. The topological polar surface area (TPSA) is 54.5 Å². The fraction of sp³-hybridized carbons (Fsp3) is 0.273. The number of nitrogens with one attached hydrogen (secondary N) is 1. The molecule has 0 saturated heterocycles. The van der Waals surface area contributed by atoms with E-state index in [-0.39, 0.29) is 6.03 Å². The predicted octanol–water partition coefficient (Wildman–Crippen LogP) is 5.11. The van der Waals surface area contributed by atoms with E-state index in [9.17, 15) is 4.79 Å². The van der Waals surface area contributed by atoms with Gasteiger partial charge >= 0.3 is 6.03 Å². The molecule has 144 valence electrons. The fourth-order valence-electron chi connectivity index (χ4n) is 3.19. The van der Waals surface area contributed by atoms with E-state index in [0.717, 1.165) is 39.0 Å². The molecule has 1 aromatic heterocycles. The Morgan fingerprint density at radius 3 is 2.64 bits per heavy atom. The highest BCUT2D eigenvalue weighted by atomic mass is 32.1. The molecule has 3 aromatic rings. The molecule has 0 bridgehead atoms. The maximum Gasteiger partial charge on any atom is 0.322 e. The molecule has 2 heterocycles. The molecule has 1 N–H and O–H groups in total. The van der Waals surface area contributed by atoms with Crippen molar-refractivity contribution in [3.05, 3.63) is 64.7 Å². The van der Waals surface area contributed by atoms with Crippen molar-refractivity contribution in [3.63, 3.8) is 0 Å². The highest BCUT2D eigenvalue weighted by Gasteiger charge is 2.24. The number of nitrogens with zero attached hydrogens (tertiary/aromatic N) is 2. The van der Waals surface area contributed by atoms with Crippen molar-refractivity contribution in [1.82, 2.24) is 9.88 Å². The number of hydrogen-bond acceptors (Lipinski definition) is 4. The number of fused-ring (bicyclic) bond motifs is 1. The van der Waals surface area contributed by atoms with Gasteiger partial charge in [-0.25, -0.2) is 9.78 Å². The summed E-state index contributed by atoms with van der Waals surface area (Å²) in [6.45, 7) is 5.94. The number of rotatable bonds is 4. The van der Waals surface area contributed by atoms with E-state index < -0.39 is 0 Å². The summed E-state index contributed by atoms with van der Waals surface area (Å²) >= 11 is 1.66. The van der Waals surface area contributed by atoms with Crippen LogP contribution in [0.2, 0.25) is 0 Å². The first kappa shape index (κ1) is 18.5. The average Bonchev–Trinajstić information content (AvgIpc) is 3.14. The minimum atomic E-state index is -0.0643. The van der Waals surface area contributed by atoms with Crippen molar-refractivity contribution in [3.8, 4) is 16.3 Å². The molecule has 2 aromatic carbocycles. The number of amides is 2. The molecule has 0 fully saturated rings. The van der Waals surface area contributed by atoms with Crippen LogP contribution in [0, 0.1) is 6.92 Å². The first-order chi connectivity index (χ1) is 13.6. The van der Waals surface area contributed by atoms with Crippen LogP contribution >= 0.6 is 11.3 Å². The lowest BCUT2D eigenvalue weighted by Gasteiger charge is -2.26. The lowest BCUT2D eigenvalue weighted by Crippen LogP contribution is -2.38. The zero-order chi connectivity index (χ0) is 19.5. The second-order valence-corrected chi connectivity index (χ2v) is 7.90. The van der Waals surface area contributed by atoms with Crippen LogP contribution in [0.15, 0.2) is 48.5 Å². The predicted molar refractivity (Wildman–Crippen MR) is 113 cm³/mol. The third-order valence-corrected chi connectivity index (χ3v) is 5.87. The van der Waals surface area contributed by atoms with Crippen molar-refractivity contribution in [2.75, 3.05) is 18.5 Å². The van der Waals surface area contributed by atoms with Crippen molar-refractivity contribution in [2.24, 2.45) is 0 Å². The van der Waals surface area contributed by atoms with Gasteiger partial charge in [0, 0.05) is 29.1 Å². The number of anilines is 1. The quantitative estimate of drug-likeness (QED) is 0.670. The Hall–Kier alpha value is -2.86. The van der Waals surface area contributed by atoms with Crippen LogP contribution in [-0.4, -0.2) is 29.1 Å². The maximum atomic E-state index is 12.6. The normalized spacial score (nSPS) is 13.1. The number of thiazole rings is 1. The van der Waals surface area contributed by atoms with E-state index in [1.165, 1.54) is 5.56 Å². The first-order valence-corrected chi connectivity index (χ1v) is 10.3. The second kappa shape index (κ2) is 8.02. The van der Waals surface area contributed by atoms with E-state index in [0.29, 0.717) is 19.7 Å². The van der Waals surface area contributed by atoms with Crippen LogP contribution in [0.4, 0.5) is 10.5 Å². The Balaban J connectivity index is 1.45. The molecule has 0 unspecified atom stereocenters. The molecule has 2 amide bonds. The number of aryl methyl sites for hydroxylation is 1. The van der Waals surface area contributed by atoms with Crippen LogP contribution in [-0.2, 0) is 13.0 Å². The van der Waals surface area contributed by atoms with Crippen LogP contribution in [0.3, 0.4) is 0 Å². The molecule has 6 heteroatoms. The summed E-state index contributed by atoms with van der Waals surface area (Å²) in [5.74, 6) is 0.867. The van der Waals surface area contributed by atoms with Gasteiger partial charge in [-0.05, 0) is 50.2 Å². The number of ether oxygens (including phenoxy) is 1. The average molecular weight is 394 g/mol. The summed E-state index contributed by atoms with van der Waals surface area (Å²) < 4.78 is 5.51. The molecule has 5 nitrogen and oxygen atoms in total. The monoisotopic (exact) mass is 393 g/mol. The molecule has 1 aliphatic rings. The number of urea groups is 1. The van der Waals surface area contributed by atoms with Crippen molar-refractivity contribution < 1.29 is 9.53 Å². The summed E-state index contributed by atoms with van der Waals surface area (Å²) in [6, 6.07) is 15.8. The molecule has 0 saturated carbocycles. The molecule has 0 aliphatic carbocycles. The maximum absolute atomic E-state index is 12.6. The third-order valence-electron chi connectivity index (χ3n) is 4.73. The summed E-state index contributed by atoms with van der Waals surface area (Å²) in [6.07, 6.45) is 0.782. The molecule has 0 atom stereocenters. The third kappa shape index (κ3) is 4.02. The van der Waals surface area contributed by atoms with Gasteiger partial charge in [0.25, 0.3) is 0 Å². The zero-order valence-corrected chi connectivity index (χ0v) is 16.9. The largest absolute Gasteiger partial charge is 0.494 e. The summed E-state index contributed by atoms with van der Waals surface area (Å²) in [5.41, 5.74) is 4.18. The van der Waals surface area contributed by atoms with Gasteiger partial charge in [0.2, 0.25) is 0 Å². The second-order valence-electron chi connectivity index (χ2n) is 6.81. The van der Waals surface area contributed by atoms with Crippen molar-refractivity contribution >= 4 is 23.1 Å². The summed E-state index contributed by atoms with van der Waals surface area (Å²) in [5, 5.41) is 3.98. The van der Waals surface area contributed by atoms with E-state index in [4.69, 9.17) is 9.72 Å². The SMILES string of the molecule is CCOc1ccc(-c2nc3c(s2)CN(C(=O)Nc2ccc(C)cc2)CC3)cc1. The highest BCUT2D eigenvalue weighted by molar-refractivity contribution is 7.15. The number of benzene rings is 2. The van der Waals surface area contributed by atoms with Gasteiger partial charge in [0.1, 0.15) is 10.8 Å². The zero-order valence-electron chi connectivity index (χ0n) is 16.1. The standard InChI is InChI=1S/C22H23N3O2S/c1-3-27-18-10-6-16(7-11-18)21-24-19-12-13-25(14-20(19)28-21)22(26)23-17-8-4-15(2)5-9-17/h4-11H,3,12-14H2,1-2H3,(H,23,26).